The quantitative estimate of drug-likeness (QED) is 0.719. The van der Waals surface area contributed by atoms with E-state index in [1.54, 1.807) is 0 Å². The van der Waals surface area contributed by atoms with Crippen LogP contribution in [-0.4, -0.2) is 11.2 Å². The third-order valence-corrected chi connectivity index (χ3v) is 1.99. The maximum absolute atomic E-state index is 9.03. The van der Waals surface area contributed by atoms with Crippen LogP contribution in [0.2, 0.25) is 0 Å². The molecule has 1 saturated carbocycles. The molecular weight excluding hydrogens is 284 g/mol. The molecule has 2 heteroatoms. The normalized spacial score (nSPS) is 35.3. The van der Waals surface area contributed by atoms with Gasteiger partial charge >= 0.3 is 0 Å². The second kappa shape index (κ2) is 4.46. The Morgan fingerprint density at radius 1 is 1.11 bits per heavy atom. The van der Waals surface area contributed by atoms with Crippen molar-refractivity contribution in [3.63, 3.8) is 0 Å². The van der Waals surface area contributed by atoms with E-state index < -0.39 is 0 Å². The van der Waals surface area contributed by atoms with Crippen molar-refractivity contribution in [2.45, 2.75) is 38.7 Å². The minimum atomic E-state index is 0. The van der Waals surface area contributed by atoms with Crippen LogP contribution < -0.4 is 0 Å². The third kappa shape index (κ3) is 3.37. The Hall–Kier alpha value is 0.648. The fourth-order valence-electron chi connectivity index (χ4n) is 1.24. The monoisotopic (exact) mass is 298 g/mol. The first-order valence-corrected chi connectivity index (χ1v) is 3.47. The summed E-state index contributed by atoms with van der Waals surface area (Å²) in [7, 11) is 0. The van der Waals surface area contributed by atoms with E-state index in [1.165, 1.54) is 12.8 Å². The van der Waals surface area contributed by atoms with E-state index in [1.807, 2.05) is 0 Å². The Kier molecular flexibility index (Phi) is 4.78. The molecule has 0 atom stereocenters. The van der Waals surface area contributed by atoms with Gasteiger partial charge in [0.05, 0.1) is 6.10 Å². The van der Waals surface area contributed by atoms with Crippen LogP contribution in [0.4, 0.5) is 0 Å². The van der Waals surface area contributed by atoms with Crippen molar-refractivity contribution in [2.24, 2.45) is 5.92 Å². The van der Waals surface area contributed by atoms with E-state index in [2.05, 4.69) is 6.92 Å². The molecule has 0 aliphatic heterocycles. The van der Waals surface area contributed by atoms with Gasteiger partial charge < -0.3 is 5.11 Å². The Labute approximate surface area is 71.1 Å². The summed E-state index contributed by atoms with van der Waals surface area (Å²) in [6.45, 7) is 2.26. The van der Waals surface area contributed by atoms with Gasteiger partial charge in [-0.15, -0.1) is 0 Å². The Morgan fingerprint density at radius 2 is 1.56 bits per heavy atom. The van der Waals surface area contributed by atoms with E-state index in [9.17, 15) is 0 Å². The molecule has 0 bridgehead atoms. The van der Waals surface area contributed by atoms with Crippen molar-refractivity contribution < 1.29 is 26.2 Å². The van der Waals surface area contributed by atoms with Crippen LogP contribution in [0, 0.1) is 5.92 Å². The standard InChI is InChI=1S/C7H14O.W/c1-6-2-4-7(8)5-3-6;/h6-8H,2-5H2,1H3;. The SMILES string of the molecule is CC1CCC(O)CC1.[W]. The molecule has 1 N–H and O–H groups in total. The van der Waals surface area contributed by atoms with E-state index in [0.717, 1.165) is 18.8 Å². The maximum atomic E-state index is 9.03. The molecule has 0 saturated heterocycles. The molecule has 0 radical (unpaired) electrons. The minimum Gasteiger partial charge on any atom is -0.393 e. The smallest absolute Gasteiger partial charge is 0.0540 e. The summed E-state index contributed by atoms with van der Waals surface area (Å²) < 4.78 is 0. The molecule has 1 rings (SSSR count). The van der Waals surface area contributed by atoms with Gasteiger partial charge in [0.1, 0.15) is 0 Å². The number of hydrogen-bond acceptors (Lipinski definition) is 1. The summed E-state index contributed by atoms with van der Waals surface area (Å²) in [6, 6.07) is 0. The van der Waals surface area contributed by atoms with Gasteiger partial charge in [-0.25, -0.2) is 0 Å². The fourth-order valence-corrected chi connectivity index (χ4v) is 1.24. The first-order valence-electron chi connectivity index (χ1n) is 3.47. The molecule has 0 aromatic rings. The average molecular weight is 298 g/mol. The van der Waals surface area contributed by atoms with Gasteiger partial charge in [-0.2, -0.15) is 0 Å². The van der Waals surface area contributed by atoms with Crippen molar-refractivity contribution in [1.82, 2.24) is 0 Å². The molecule has 1 aliphatic rings. The average Bonchev–Trinajstić information content (AvgIpc) is 1.77. The topological polar surface area (TPSA) is 20.2 Å². The van der Waals surface area contributed by atoms with Crippen LogP contribution in [0.5, 0.6) is 0 Å². The van der Waals surface area contributed by atoms with Crippen molar-refractivity contribution in [1.29, 1.82) is 0 Å². The van der Waals surface area contributed by atoms with Crippen LogP contribution in [0.3, 0.4) is 0 Å². The molecule has 54 valence electrons. The van der Waals surface area contributed by atoms with Gasteiger partial charge in [-0.1, -0.05) is 6.92 Å². The van der Waals surface area contributed by atoms with Crippen molar-refractivity contribution in [3.05, 3.63) is 0 Å². The maximum Gasteiger partial charge on any atom is 0.0540 e. The summed E-state index contributed by atoms with van der Waals surface area (Å²) in [5, 5.41) is 9.03. The van der Waals surface area contributed by atoms with Gasteiger partial charge in [0.25, 0.3) is 0 Å². The first-order chi connectivity index (χ1) is 3.79. The minimum absolute atomic E-state index is 0. The van der Waals surface area contributed by atoms with Crippen molar-refractivity contribution in [3.8, 4) is 0 Å². The van der Waals surface area contributed by atoms with Gasteiger partial charge in [0.2, 0.25) is 0 Å². The second-order valence-corrected chi connectivity index (χ2v) is 2.91. The molecule has 1 nitrogen and oxygen atoms in total. The van der Waals surface area contributed by atoms with E-state index >= 15 is 0 Å². The van der Waals surface area contributed by atoms with Gasteiger partial charge in [-0.05, 0) is 31.6 Å². The van der Waals surface area contributed by atoms with Crippen LogP contribution in [-0.2, 0) is 21.1 Å². The van der Waals surface area contributed by atoms with Gasteiger partial charge in [0, 0.05) is 21.1 Å². The van der Waals surface area contributed by atoms with Gasteiger partial charge in [0.15, 0.2) is 0 Å². The zero-order valence-electron chi connectivity index (χ0n) is 5.84. The molecular formula is C7H14OW. The van der Waals surface area contributed by atoms with E-state index in [0.29, 0.717) is 0 Å². The molecule has 0 amide bonds. The molecule has 0 heterocycles. The van der Waals surface area contributed by atoms with Gasteiger partial charge in [-0.3, -0.25) is 0 Å². The Morgan fingerprint density at radius 3 is 1.89 bits per heavy atom. The zero-order valence-corrected chi connectivity index (χ0v) is 8.77. The third-order valence-electron chi connectivity index (χ3n) is 1.99. The summed E-state index contributed by atoms with van der Waals surface area (Å²) in [4.78, 5) is 0. The molecule has 1 aliphatic carbocycles. The molecule has 0 spiro atoms. The second-order valence-electron chi connectivity index (χ2n) is 2.91. The largest absolute Gasteiger partial charge is 0.393 e. The number of hydrogen-bond donors (Lipinski definition) is 1. The van der Waals surface area contributed by atoms with Crippen LogP contribution >= 0.6 is 0 Å². The fraction of sp³-hybridized carbons (Fsp3) is 1.00. The molecule has 0 aromatic carbocycles. The van der Waals surface area contributed by atoms with E-state index in [4.69, 9.17) is 5.11 Å². The number of rotatable bonds is 0. The summed E-state index contributed by atoms with van der Waals surface area (Å²) in [5.74, 6) is 0.860. The summed E-state index contributed by atoms with van der Waals surface area (Å²) in [6.07, 6.45) is 4.52. The van der Waals surface area contributed by atoms with Crippen LogP contribution in [0.15, 0.2) is 0 Å². The van der Waals surface area contributed by atoms with Crippen LogP contribution in [0.25, 0.3) is 0 Å². The molecule has 0 unspecified atom stereocenters. The van der Waals surface area contributed by atoms with E-state index in [-0.39, 0.29) is 27.2 Å². The first kappa shape index (κ1) is 9.65. The molecule has 0 aromatic heterocycles. The Balaban J connectivity index is 0.000000640. The number of aliphatic hydroxyl groups is 1. The molecule has 1 fully saturated rings. The Bertz CT molecular complexity index is 57.3. The number of aliphatic hydroxyl groups excluding tert-OH is 1. The van der Waals surface area contributed by atoms with Crippen molar-refractivity contribution in [2.75, 3.05) is 0 Å². The predicted molar refractivity (Wildman–Crippen MR) is 33.6 cm³/mol. The molecule has 9 heavy (non-hydrogen) atoms. The van der Waals surface area contributed by atoms with Crippen molar-refractivity contribution >= 4 is 0 Å². The predicted octanol–water partition coefficient (Wildman–Crippen LogP) is 1.55. The van der Waals surface area contributed by atoms with Crippen LogP contribution in [0.1, 0.15) is 32.6 Å². The summed E-state index contributed by atoms with van der Waals surface area (Å²) >= 11 is 0. The summed E-state index contributed by atoms with van der Waals surface area (Å²) in [5.41, 5.74) is 0. The zero-order chi connectivity index (χ0) is 5.98.